The summed E-state index contributed by atoms with van der Waals surface area (Å²) in [6.07, 6.45) is 17.9. The topological polar surface area (TPSA) is 40.5 Å². The van der Waals surface area contributed by atoms with Gasteiger partial charge in [-0.05, 0) is 118 Å². The summed E-state index contributed by atoms with van der Waals surface area (Å²) >= 11 is 0. The molecule has 2 N–H and O–H groups in total. The van der Waals surface area contributed by atoms with E-state index in [1.54, 1.807) is 5.57 Å². The fraction of sp³-hybridized carbons (Fsp3) is 0.931. The van der Waals surface area contributed by atoms with E-state index in [0.29, 0.717) is 10.8 Å². The molecule has 2 heteroatoms. The minimum atomic E-state index is -0.489. The van der Waals surface area contributed by atoms with Gasteiger partial charge in [0.15, 0.2) is 0 Å². The second-order valence-corrected chi connectivity index (χ2v) is 13.0. The number of hydrogen-bond donors (Lipinski definition) is 2. The van der Waals surface area contributed by atoms with Crippen LogP contribution in [0.25, 0.3) is 0 Å². The SMILES string of the molecule is CCCCC(O)CC[C@@H](C)[C@H]1CC[C@H]2[C@@H]3CC=C4C[C@@](C)(O)CC[C@]4(C)[C@H]3CC[C@]12C. The van der Waals surface area contributed by atoms with Crippen molar-refractivity contribution < 1.29 is 10.2 Å². The summed E-state index contributed by atoms with van der Waals surface area (Å²) in [4.78, 5) is 0. The van der Waals surface area contributed by atoms with E-state index in [1.165, 1.54) is 51.4 Å². The molecule has 0 heterocycles. The monoisotopic (exact) mass is 430 g/mol. The Labute approximate surface area is 192 Å². The van der Waals surface area contributed by atoms with Crippen LogP contribution >= 0.6 is 0 Å². The normalized spacial score (nSPS) is 46.5. The Morgan fingerprint density at radius 2 is 1.77 bits per heavy atom. The van der Waals surface area contributed by atoms with Crippen molar-refractivity contribution in [2.75, 3.05) is 0 Å². The molecule has 0 bridgehead atoms. The average Bonchev–Trinajstić information content (AvgIpc) is 3.08. The van der Waals surface area contributed by atoms with E-state index in [4.69, 9.17) is 0 Å². The lowest BCUT2D eigenvalue weighted by atomic mass is 9.46. The van der Waals surface area contributed by atoms with E-state index >= 15 is 0 Å². The smallest absolute Gasteiger partial charge is 0.0657 e. The van der Waals surface area contributed by atoms with Crippen molar-refractivity contribution in [1.82, 2.24) is 0 Å². The largest absolute Gasteiger partial charge is 0.393 e. The van der Waals surface area contributed by atoms with Crippen LogP contribution in [0.2, 0.25) is 0 Å². The molecular weight excluding hydrogens is 380 g/mol. The molecule has 2 nitrogen and oxygen atoms in total. The van der Waals surface area contributed by atoms with Crippen LogP contribution in [0.4, 0.5) is 0 Å². The molecule has 178 valence electrons. The number of allylic oxidation sites excluding steroid dienone is 1. The maximum Gasteiger partial charge on any atom is 0.0657 e. The third kappa shape index (κ3) is 4.30. The molecule has 4 aliphatic carbocycles. The third-order valence-corrected chi connectivity index (χ3v) is 11.0. The maximum atomic E-state index is 10.7. The quantitative estimate of drug-likeness (QED) is 0.416. The number of unbranched alkanes of at least 4 members (excludes halogenated alkanes) is 1. The van der Waals surface area contributed by atoms with Crippen LogP contribution in [0.1, 0.15) is 118 Å². The molecule has 31 heavy (non-hydrogen) atoms. The highest BCUT2D eigenvalue weighted by atomic mass is 16.3. The molecule has 9 atom stereocenters. The average molecular weight is 431 g/mol. The summed E-state index contributed by atoms with van der Waals surface area (Å²) in [5, 5.41) is 21.1. The van der Waals surface area contributed by atoms with Crippen LogP contribution in [0.3, 0.4) is 0 Å². The molecule has 0 aliphatic heterocycles. The van der Waals surface area contributed by atoms with Gasteiger partial charge in [-0.2, -0.15) is 0 Å². The zero-order valence-corrected chi connectivity index (χ0v) is 21.1. The second kappa shape index (κ2) is 8.79. The van der Waals surface area contributed by atoms with E-state index in [9.17, 15) is 10.2 Å². The molecule has 1 unspecified atom stereocenters. The van der Waals surface area contributed by atoms with Crippen molar-refractivity contribution in [1.29, 1.82) is 0 Å². The highest BCUT2D eigenvalue weighted by Crippen LogP contribution is 2.67. The fourth-order valence-corrected chi connectivity index (χ4v) is 9.02. The minimum Gasteiger partial charge on any atom is -0.393 e. The lowest BCUT2D eigenvalue weighted by Crippen LogP contribution is -2.52. The molecule has 3 saturated carbocycles. The van der Waals surface area contributed by atoms with Crippen LogP contribution in [0, 0.1) is 40.4 Å². The predicted octanol–water partition coefficient (Wildman–Crippen LogP) is 7.28. The Morgan fingerprint density at radius 1 is 1.00 bits per heavy atom. The van der Waals surface area contributed by atoms with E-state index in [1.807, 2.05) is 6.92 Å². The Kier molecular flexibility index (Phi) is 6.75. The standard InChI is InChI=1S/C29H50O2/c1-6-7-8-22(30)11-9-20(2)24-13-14-25-23-12-10-21-19-27(3,31)17-18-28(21,4)26(23)15-16-29(24,25)5/h10,20,22-26,30-31H,6-9,11-19H2,1-5H3/t20-,22?,23+,24-,25+,26+,27+,28+,29-/m1/s1. The first-order chi connectivity index (χ1) is 14.6. The lowest BCUT2D eigenvalue weighted by molar-refractivity contribution is -0.0709. The van der Waals surface area contributed by atoms with E-state index < -0.39 is 5.60 Å². The summed E-state index contributed by atoms with van der Waals surface area (Å²) < 4.78 is 0. The summed E-state index contributed by atoms with van der Waals surface area (Å²) in [7, 11) is 0. The lowest BCUT2D eigenvalue weighted by Gasteiger charge is -2.59. The van der Waals surface area contributed by atoms with Crippen LogP contribution in [0.5, 0.6) is 0 Å². The fourth-order valence-electron chi connectivity index (χ4n) is 9.02. The molecule has 0 amide bonds. The van der Waals surface area contributed by atoms with Crippen molar-refractivity contribution in [3.8, 4) is 0 Å². The molecule has 3 fully saturated rings. The van der Waals surface area contributed by atoms with Crippen LogP contribution in [-0.2, 0) is 0 Å². The van der Waals surface area contributed by atoms with Gasteiger partial charge < -0.3 is 10.2 Å². The van der Waals surface area contributed by atoms with Crippen LogP contribution in [0.15, 0.2) is 11.6 Å². The van der Waals surface area contributed by atoms with Gasteiger partial charge in [-0.15, -0.1) is 0 Å². The molecule has 0 aromatic rings. The van der Waals surface area contributed by atoms with Crippen molar-refractivity contribution in [3.05, 3.63) is 11.6 Å². The number of aliphatic hydroxyl groups excluding tert-OH is 1. The van der Waals surface area contributed by atoms with Gasteiger partial charge in [0.05, 0.1) is 11.7 Å². The minimum absolute atomic E-state index is 0.0893. The predicted molar refractivity (Wildman–Crippen MR) is 130 cm³/mol. The zero-order valence-electron chi connectivity index (χ0n) is 21.1. The first-order valence-electron chi connectivity index (χ1n) is 13.7. The summed E-state index contributed by atoms with van der Waals surface area (Å²) in [6, 6.07) is 0. The maximum absolute atomic E-state index is 10.7. The number of aliphatic hydroxyl groups is 2. The molecular formula is C29H50O2. The van der Waals surface area contributed by atoms with Gasteiger partial charge in [0.25, 0.3) is 0 Å². The first-order valence-corrected chi connectivity index (χ1v) is 13.7. The molecule has 0 saturated heterocycles. The van der Waals surface area contributed by atoms with E-state index in [0.717, 1.165) is 61.7 Å². The van der Waals surface area contributed by atoms with Crippen molar-refractivity contribution >= 4 is 0 Å². The molecule has 0 aromatic heterocycles. The van der Waals surface area contributed by atoms with Crippen LogP contribution in [-0.4, -0.2) is 21.9 Å². The van der Waals surface area contributed by atoms with E-state index in [2.05, 4.69) is 33.8 Å². The van der Waals surface area contributed by atoms with Gasteiger partial charge in [0, 0.05) is 0 Å². The van der Waals surface area contributed by atoms with Crippen molar-refractivity contribution in [2.45, 2.75) is 130 Å². The molecule has 4 aliphatic rings. The van der Waals surface area contributed by atoms with Crippen molar-refractivity contribution in [2.24, 2.45) is 40.4 Å². The van der Waals surface area contributed by atoms with Gasteiger partial charge in [0.1, 0.15) is 0 Å². The van der Waals surface area contributed by atoms with Gasteiger partial charge in [-0.25, -0.2) is 0 Å². The summed E-state index contributed by atoms with van der Waals surface area (Å²) in [5.74, 6) is 4.12. The molecule has 4 rings (SSSR count). The number of rotatable bonds is 7. The third-order valence-electron chi connectivity index (χ3n) is 11.0. The highest BCUT2D eigenvalue weighted by molar-refractivity contribution is 5.26. The Balaban J connectivity index is 1.45. The first kappa shape index (κ1) is 23.8. The van der Waals surface area contributed by atoms with Gasteiger partial charge in [0.2, 0.25) is 0 Å². The van der Waals surface area contributed by atoms with E-state index in [-0.39, 0.29) is 6.10 Å². The van der Waals surface area contributed by atoms with Crippen LogP contribution < -0.4 is 0 Å². The summed E-state index contributed by atoms with van der Waals surface area (Å²) in [5.41, 5.74) is 1.92. The Hall–Kier alpha value is -0.340. The van der Waals surface area contributed by atoms with Gasteiger partial charge >= 0.3 is 0 Å². The summed E-state index contributed by atoms with van der Waals surface area (Å²) in [6.45, 7) is 11.9. The van der Waals surface area contributed by atoms with Gasteiger partial charge in [-0.3, -0.25) is 0 Å². The zero-order chi connectivity index (χ0) is 22.4. The van der Waals surface area contributed by atoms with Crippen molar-refractivity contribution in [3.63, 3.8) is 0 Å². The molecule has 0 spiro atoms. The Morgan fingerprint density at radius 3 is 2.52 bits per heavy atom. The Bertz CT molecular complexity index is 666. The molecule has 0 radical (unpaired) electrons. The van der Waals surface area contributed by atoms with Gasteiger partial charge in [-0.1, -0.05) is 52.2 Å². The number of fused-ring (bicyclic) bond motifs is 5. The highest BCUT2D eigenvalue weighted by Gasteiger charge is 2.59. The molecule has 0 aromatic carbocycles. The second-order valence-electron chi connectivity index (χ2n) is 13.0. The number of hydrogen-bond acceptors (Lipinski definition) is 2.